The van der Waals surface area contributed by atoms with Gasteiger partial charge in [0.1, 0.15) is 6.04 Å². The highest BCUT2D eigenvalue weighted by Crippen LogP contribution is 2.24. The number of para-hydroxylation sites is 1. The summed E-state index contributed by atoms with van der Waals surface area (Å²) in [6.45, 7) is 7.05. The largest absolute Gasteiger partial charge is 0.481 e. The normalized spacial score (nSPS) is 12.2. The molecule has 0 unspecified atom stereocenters. The summed E-state index contributed by atoms with van der Waals surface area (Å²) in [7, 11) is 0. The van der Waals surface area contributed by atoms with Crippen molar-refractivity contribution in [3.05, 3.63) is 63.9 Å². The summed E-state index contributed by atoms with van der Waals surface area (Å²) in [6, 6.07) is 10.0. The van der Waals surface area contributed by atoms with Gasteiger partial charge in [-0.2, -0.15) is 0 Å². The molecule has 0 radical (unpaired) electrons. The van der Waals surface area contributed by atoms with Crippen LogP contribution in [0.15, 0.2) is 42.5 Å². The van der Waals surface area contributed by atoms with E-state index in [-0.39, 0.29) is 18.2 Å². The van der Waals surface area contributed by atoms with Crippen molar-refractivity contribution in [3.8, 4) is 5.75 Å². The summed E-state index contributed by atoms with van der Waals surface area (Å²) in [6.07, 6.45) is 0.374. The maximum Gasteiger partial charge on any atom is 0.261 e. The molecule has 0 aliphatic carbocycles. The molecule has 0 bridgehead atoms. The Morgan fingerprint density at radius 1 is 1.16 bits per heavy atom. The predicted octanol–water partition coefficient (Wildman–Crippen LogP) is 5.23. The smallest absolute Gasteiger partial charge is 0.261 e. The highest BCUT2D eigenvalue weighted by molar-refractivity contribution is 6.35. The molecule has 0 saturated carbocycles. The minimum atomic E-state index is -0.761. The Balaban J connectivity index is 2.29. The first kappa shape index (κ1) is 25.0. The number of carbonyl (C=O) groups excluding carboxylic acids is 2. The quantitative estimate of drug-likeness (QED) is 0.576. The molecule has 0 heterocycles. The van der Waals surface area contributed by atoms with E-state index >= 15 is 0 Å². The first-order chi connectivity index (χ1) is 14.5. The van der Waals surface area contributed by atoms with Crippen LogP contribution in [0, 0.1) is 5.82 Å². The van der Waals surface area contributed by atoms with Gasteiger partial charge < -0.3 is 15.0 Å². The Morgan fingerprint density at radius 2 is 1.84 bits per heavy atom. The number of benzene rings is 2. The molecule has 0 aliphatic rings. The van der Waals surface area contributed by atoms with Crippen LogP contribution in [-0.2, 0) is 16.1 Å². The second-order valence-corrected chi connectivity index (χ2v) is 8.98. The van der Waals surface area contributed by atoms with Crippen LogP contribution in [0.25, 0.3) is 0 Å². The monoisotopic (exact) mass is 468 g/mol. The van der Waals surface area contributed by atoms with E-state index < -0.39 is 29.9 Å². The van der Waals surface area contributed by atoms with Crippen LogP contribution in [0.4, 0.5) is 4.39 Å². The zero-order valence-electron chi connectivity index (χ0n) is 18.0. The number of nitrogens with one attached hydrogen (secondary N) is 1. The number of amides is 2. The van der Waals surface area contributed by atoms with Crippen molar-refractivity contribution < 1.29 is 18.7 Å². The van der Waals surface area contributed by atoms with E-state index in [9.17, 15) is 14.0 Å². The van der Waals surface area contributed by atoms with Crippen molar-refractivity contribution in [2.45, 2.75) is 52.2 Å². The molecule has 168 valence electrons. The fraction of sp³-hybridized carbons (Fsp3) is 0.391. The van der Waals surface area contributed by atoms with Gasteiger partial charge in [-0.25, -0.2) is 4.39 Å². The molecule has 0 spiro atoms. The minimum absolute atomic E-state index is 0.0347. The molecular formula is C23H27Cl2FN2O3. The molecule has 5 nitrogen and oxygen atoms in total. The van der Waals surface area contributed by atoms with Crippen molar-refractivity contribution in [2.24, 2.45) is 0 Å². The number of carbonyl (C=O) groups is 2. The summed E-state index contributed by atoms with van der Waals surface area (Å²) in [4.78, 5) is 27.4. The third kappa shape index (κ3) is 7.40. The van der Waals surface area contributed by atoms with Crippen molar-refractivity contribution in [3.63, 3.8) is 0 Å². The summed E-state index contributed by atoms with van der Waals surface area (Å²) in [5, 5.41) is 3.76. The lowest BCUT2D eigenvalue weighted by molar-refractivity contribution is -0.143. The van der Waals surface area contributed by atoms with Gasteiger partial charge in [-0.15, -0.1) is 0 Å². The Morgan fingerprint density at radius 3 is 2.42 bits per heavy atom. The van der Waals surface area contributed by atoms with Gasteiger partial charge in [-0.1, -0.05) is 48.3 Å². The summed E-state index contributed by atoms with van der Waals surface area (Å²) < 4.78 is 19.3. The van der Waals surface area contributed by atoms with Crippen molar-refractivity contribution >= 4 is 35.0 Å². The molecule has 1 N–H and O–H groups in total. The van der Waals surface area contributed by atoms with Crippen LogP contribution in [-0.4, -0.2) is 34.9 Å². The van der Waals surface area contributed by atoms with Gasteiger partial charge in [-0.05, 0) is 57.0 Å². The number of rotatable bonds is 8. The van der Waals surface area contributed by atoms with Crippen molar-refractivity contribution in [2.75, 3.05) is 6.61 Å². The Kier molecular flexibility index (Phi) is 8.71. The van der Waals surface area contributed by atoms with E-state index in [1.165, 1.54) is 23.1 Å². The second kappa shape index (κ2) is 10.8. The van der Waals surface area contributed by atoms with Crippen molar-refractivity contribution in [1.29, 1.82) is 0 Å². The number of hydrogen-bond acceptors (Lipinski definition) is 3. The zero-order chi connectivity index (χ0) is 23.2. The van der Waals surface area contributed by atoms with Gasteiger partial charge in [0.15, 0.2) is 18.2 Å². The first-order valence-electron chi connectivity index (χ1n) is 9.94. The van der Waals surface area contributed by atoms with Gasteiger partial charge in [0, 0.05) is 22.1 Å². The van der Waals surface area contributed by atoms with Gasteiger partial charge in [-0.3, -0.25) is 9.59 Å². The van der Waals surface area contributed by atoms with Gasteiger partial charge in [0.05, 0.1) is 0 Å². The maximum absolute atomic E-state index is 13.9. The second-order valence-electron chi connectivity index (χ2n) is 8.14. The molecule has 0 aliphatic heterocycles. The molecule has 8 heteroatoms. The van der Waals surface area contributed by atoms with Crippen molar-refractivity contribution in [1.82, 2.24) is 10.2 Å². The molecule has 2 rings (SSSR count). The van der Waals surface area contributed by atoms with Crippen LogP contribution in [0.5, 0.6) is 5.75 Å². The van der Waals surface area contributed by atoms with Crippen LogP contribution >= 0.6 is 23.2 Å². The third-order valence-corrected chi connectivity index (χ3v) is 5.01. The summed E-state index contributed by atoms with van der Waals surface area (Å²) >= 11 is 12.3. The Labute approximate surface area is 192 Å². The lowest BCUT2D eigenvalue weighted by Crippen LogP contribution is -2.54. The van der Waals surface area contributed by atoms with Crippen LogP contribution in [0.2, 0.25) is 10.0 Å². The topological polar surface area (TPSA) is 58.6 Å². The average Bonchev–Trinajstić information content (AvgIpc) is 2.67. The number of halogens is 3. The maximum atomic E-state index is 13.9. The molecule has 1 atom stereocenters. The van der Waals surface area contributed by atoms with E-state index in [0.717, 1.165) is 0 Å². The Bertz CT molecular complexity index is 931. The molecular weight excluding hydrogens is 442 g/mol. The van der Waals surface area contributed by atoms with Gasteiger partial charge in [0.2, 0.25) is 5.91 Å². The van der Waals surface area contributed by atoms with Gasteiger partial charge in [0.25, 0.3) is 5.91 Å². The molecule has 2 aromatic carbocycles. The fourth-order valence-corrected chi connectivity index (χ4v) is 3.46. The van der Waals surface area contributed by atoms with E-state index in [1.54, 1.807) is 24.3 Å². The third-order valence-electron chi connectivity index (χ3n) is 4.43. The van der Waals surface area contributed by atoms with E-state index in [1.807, 2.05) is 27.7 Å². The lowest BCUT2D eigenvalue weighted by atomic mass is 10.1. The molecule has 0 fully saturated rings. The van der Waals surface area contributed by atoms with E-state index in [0.29, 0.717) is 22.0 Å². The Hall–Kier alpha value is -2.31. The average molecular weight is 469 g/mol. The highest BCUT2D eigenvalue weighted by Gasteiger charge is 2.31. The zero-order valence-corrected chi connectivity index (χ0v) is 19.6. The van der Waals surface area contributed by atoms with Crippen LogP contribution in [0.3, 0.4) is 0 Å². The lowest BCUT2D eigenvalue weighted by Gasteiger charge is -2.33. The number of ether oxygens (including phenoxy) is 1. The molecule has 0 saturated heterocycles. The van der Waals surface area contributed by atoms with Crippen LogP contribution < -0.4 is 10.1 Å². The predicted molar refractivity (Wildman–Crippen MR) is 121 cm³/mol. The molecule has 31 heavy (non-hydrogen) atoms. The standard InChI is InChI=1S/C23H27Cl2FN2O3/c1-5-19(22(30)27-23(2,3)4)28(13-15-10-11-16(24)12-17(15)25)21(29)14-31-20-9-7-6-8-18(20)26/h6-12,19H,5,13-14H2,1-4H3,(H,27,30)/t19-/m0/s1. The van der Waals surface area contributed by atoms with Gasteiger partial charge >= 0.3 is 0 Å². The number of hydrogen-bond donors (Lipinski definition) is 1. The first-order valence-corrected chi connectivity index (χ1v) is 10.7. The summed E-state index contributed by atoms with van der Waals surface area (Å²) in [5.74, 6) is -1.36. The minimum Gasteiger partial charge on any atom is -0.481 e. The van der Waals surface area contributed by atoms with Crippen LogP contribution in [0.1, 0.15) is 39.7 Å². The van der Waals surface area contributed by atoms with E-state index in [4.69, 9.17) is 27.9 Å². The fourth-order valence-electron chi connectivity index (χ4n) is 2.99. The number of nitrogens with zero attached hydrogens (tertiary/aromatic N) is 1. The van der Waals surface area contributed by atoms with E-state index in [2.05, 4.69) is 5.32 Å². The molecule has 2 aromatic rings. The molecule has 2 amide bonds. The molecule has 0 aromatic heterocycles. The SMILES string of the molecule is CC[C@@H](C(=O)NC(C)(C)C)N(Cc1ccc(Cl)cc1Cl)C(=O)COc1ccccc1F. The highest BCUT2D eigenvalue weighted by atomic mass is 35.5. The summed E-state index contributed by atoms with van der Waals surface area (Å²) in [5.41, 5.74) is 0.160.